The van der Waals surface area contributed by atoms with Crippen LogP contribution in [0.1, 0.15) is 5.56 Å². The van der Waals surface area contributed by atoms with Crippen LogP contribution in [0.25, 0.3) is 0 Å². The summed E-state index contributed by atoms with van der Waals surface area (Å²) in [5.41, 5.74) is 7.72. The number of nitrogen functional groups attached to an aromatic ring is 1. The minimum Gasteiger partial charge on any atom is -0.496 e. The lowest BCUT2D eigenvalue weighted by molar-refractivity contribution is 0.411. The van der Waals surface area contributed by atoms with Gasteiger partial charge in [-0.15, -0.1) is 11.8 Å². The van der Waals surface area contributed by atoms with Crippen molar-refractivity contribution in [2.75, 3.05) is 12.8 Å². The van der Waals surface area contributed by atoms with Gasteiger partial charge >= 0.3 is 0 Å². The van der Waals surface area contributed by atoms with Gasteiger partial charge in [0.25, 0.3) is 0 Å². The van der Waals surface area contributed by atoms with Crippen LogP contribution in [0, 0.1) is 0 Å². The Bertz CT molecular complexity index is 545. The van der Waals surface area contributed by atoms with Gasteiger partial charge in [-0.3, -0.25) is 0 Å². The van der Waals surface area contributed by atoms with Crippen LogP contribution in [0.4, 0.5) is 5.69 Å². The fraction of sp³-hybridized carbons (Fsp3) is 0.143. The van der Waals surface area contributed by atoms with Gasteiger partial charge in [-0.05, 0) is 36.4 Å². The molecule has 4 heteroatoms. The zero-order chi connectivity index (χ0) is 13.0. The molecule has 0 saturated heterocycles. The van der Waals surface area contributed by atoms with E-state index in [1.807, 2.05) is 30.3 Å². The van der Waals surface area contributed by atoms with Crippen molar-refractivity contribution in [1.82, 2.24) is 0 Å². The first-order valence-corrected chi connectivity index (χ1v) is 7.27. The molecular weight excluding hydrogens is 310 g/mol. The molecule has 0 bridgehead atoms. The van der Waals surface area contributed by atoms with E-state index in [4.69, 9.17) is 10.5 Å². The van der Waals surface area contributed by atoms with Gasteiger partial charge in [0.1, 0.15) is 5.75 Å². The van der Waals surface area contributed by atoms with Crippen molar-refractivity contribution in [2.45, 2.75) is 10.6 Å². The number of thioether (sulfide) groups is 1. The zero-order valence-corrected chi connectivity index (χ0v) is 12.4. The molecule has 2 aromatic carbocycles. The third kappa shape index (κ3) is 3.43. The Hall–Kier alpha value is -1.13. The van der Waals surface area contributed by atoms with Crippen LogP contribution in [-0.2, 0) is 5.75 Å². The normalized spacial score (nSPS) is 10.3. The van der Waals surface area contributed by atoms with Gasteiger partial charge in [0.05, 0.1) is 7.11 Å². The Morgan fingerprint density at radius 2 is 2.06 bits per heavy atom. The molecule has 0 saturated carbocycles. The summed E-state index contributed by atoms with van der Waals surface area (Å²) in [4.78, 5) is 1.16. The van der Waals surface area contributed by atoms with Crippen molar-refractivity contribution < 1.29 is 4.74 Å². The minimum atomic E-state index is 0.793. The summed E-state index contributed by atoms with van der Waals surface area (Å²) in [7, 11) is 1.69. The van der Waals surface area contributed by atoms with Gasteiger partial charge in [-0.25, -0.2) is 0 Å². The number of benzene rings is 2. The topological polar surface area (TPSA) is 35.2 Å². The molecule has 0 fully saturated rings. The molecule has 0 atom stereocenters. The molecule has 2 rings (SSSR count). The lowest BCUT2D eigenvalue weighted by Gasteiger charge is -2.09. The van der Waals surface area contributed by atoms with Crippen LogP contribution < -0.4 is 10.5 Å². The van der Waals surface area contributed by atoms with Gasteiger partial charge in [0.2, 0.25) is 0 Å². The Balaban J connectivity index is 2.12. The summed E-state index contributed by atoms with van der Waals surface area (Å²) in [5, 5.41) is 0. The SMILES string of the molecule is COc1ccc(Br)cc1CSc1cccc(N)c1. The summed E-state index contributed by atoms with van der Waals surface area (Å²) in [6.07, 6.45) is 0. The lowest BCUT2D eigenvalue weighted by atomic mass is 10.2. The molecule has 0 aromatic heterocycles. The van der Waals surface area contributed by atoms with Crippen molar-refractivity contribution >= 4 is 33.4 Å². The number of methoxy groups -OCH3 is 1. The van der Waals surface area contributed by atoms with Crippen molar-refractivity contribution in [3.8, 4) is 5.75 Å². The average Bonchev–Trinajstić information content (AvgIpc) is 2.37. The second-order valence-corrected chi connectivity index (χ2v) is 5.78. The Labute approximate surface area is 120 Å². The molecule has 0 spiro atoms. The van der Waals surface area contributed by atoms with Crippen molar-refractivity contribution in [3.63, 3.8) is 0 Å². The van der Waals surface area contributed by atoms with E-state index < -0.39 is 0 Å². The fourth-order valence-corrected chi connectivity index (χ4v) is 2.98. The maximum atomic E-state index is 5.76. The number of hydrogen-bond donors (Lipinski definition) is 1. The van der Waals surface area contributed by atoms with E-state index in [2.05, 4.69) is 28.1 Å². The zero-order valence-electron chi connectivity index (χ0n) is 10.0. The van der Waals surface area contributed by atoms with Crippen LogP contribution in [0.2, 0.25) is 0 Å². The monoisotopic (exact) mass is 323 g/mol. The molecule has 0 radical (unpaired) electrons. The van der Waals surface area contributed by atoms with Crippen LogP contribution in [0.3, 0.4) is 0 Å². The summed E-state index contributed by atoms with van der Waals surface area (Å²) < 4.78 is 6.42. The molecule has 0 unspecified atom stereocenters. The van der Waals surface area contributed by atoms with Crippen molar-refractivity contribution in [3.05, 3.63) is 52.5 Å². The van der Waals surface area contributed by atoms with Crippen molar-refractivity contribution in [1.29, 1.82) is 0 Å². The Morgan fingerprint density at radius 3 is 2.78 bits per heavy atom. The highest BCUT2D eigenvalue weighted by atomic mass is 79.9. The fourth-order valence-electron chi connectivity index (χ4n) is 1.63. The molecule has 0 heterocycles. The smallest absolute Gasteiger partial charge is 0.122 e. The first-order valence-electron chi connectivity index (χ1n) is 5.50. The summed E-state index contributed by atoms with van der Waals surface area (Å²) in [6, 6.07) is 13.9. The maximum Gasteiger partial charge on any atom is 0.122 e. The molecule has 2 nitrogen and oxygen atoms in total. The van der Waals surface area contributed by atoms with Gasteiger partial charge < -0.3 is 10.5 Å². The molecule has 0 amide bonds. The van der Waals surface area contributed by atoms with Crippen LogP contribution in [0.5, 0.6) is 5.75 Å². The molecule has 18 heavy (non-hydrogen) atoms. The van der Waals surface area contributed by atoms with Gasteiger partial charge in [-0.2, -0.15) is 0 Å². The quantitative estimate of drug-likeness (QED) is 0.671. The standard InChI is InChI=1S/C14H14BrNOS/c1-17-14-6-5-11(15)7-10(14)9-18-13-4-2-3-12(16)8-13/h2-8H,9,16H2,1H3. The number of hydrogen-bond acceptors (Lipinski definition) is 3. The van der Waals surface area contributed by atoms with Gasteiger partial charge in [0, 0.05) is 26.4 Å². The van der Waals surface area contributed by atoms with E-state index in [0.29, 0.717) is 0 Å². The van der Waals surface area contributed by atoms with E-state index >= 15 is 0 Å². The molecule has 0 aliphatic carbocycles. The molecule has 0 aliphatic rings. The molecule has 94 valence electrons. The minimum absolute atomic E-state index is 0.793. The van der Waals surface area contributed by atoms with E-state index in [-0.39, 0.29) is 0 Å². The summed E-state index contributed by atoms with van der Waals surface area (Å²) in [5.74, 6) is 1.76. The van der Waals surface area contributed by atoms with Gasteiger partial charge in [-0.1, -0.05) is 22.0 Å². The Morgan fingerprint density at radius 1 is 1.22 bits per heavy atom. The summed E-state index contributed by atoms with van der Waals surface area (Å²) >= 11 is 5.22. The maximum absolute atomic E-state index is 5.76. The average molecular weight is 324 g/mol. The third-order valence-electron chi connectivity index (χ3n) is 2.49. The largest absolute Gasteiger partial charge is 0.496 e. The highest BCUT2D eigenvalue weighted by Gasteiger charge is 2.04. The molecule has 0 aliphatic heterocycles. The first-order chi connectivity index (χ1) is 8.69. The van der Waals surface area contributed by atoms with Crippen molar-refractivity contribution in [2.24, 2.45) is 0 Å². The van der Waals surface area contributed by atoms with Crippen LogP contribution in [0.15, 0.2) is 51.8 Å². The first kappa shape index (κ1) is 13.3. The second-order valence-electron chi connectivity index (χ2n) is 3.82. The van der Waals surface area contributed by atoms with E-state index in [9.17, 15) is 0 Å². The van der Waals surface area contributed by atoms with Crippen LogP contribution >= 0.6 is 27.7 Å². The predicted octanol–water partition coefficient (Wildman–Crippen LogP) is 4.33. The molecule has 2 aromatic rings. The number of anilines is 1. The van der Waals surface area contributed by atoms with E-state index in [0.717, 1.165) is 26.6 Å². The highest BCUT2D eigenvalue weighted by molar-refractivity contribution is 9.10. The molecular formula is C14H14BrNOS. The highest BCUT2D eigenvalue weighted by Crippen LogP contribution is 2.30. The van der Waals surface area contributed by atoms with E-state index in [1.165, 1.54) is 5.56 Å². The van der Waals surface area contributed by atoms with E-state index in [1.54, 1.807) is 18.9 Å². The van der Waals surface area contributed by atoms with Crippen LogP contribution in [-0.4, -0.2) is 7.11 Å². The lowest BCUT2D eigenvalue weighted by Crippen LogP contribution is -1.90. The number of rotatable bonds is 4. The number of ether oxygens (including phenoxy) is 1. The predicted molar refractivity (Wildman–Crippen MR) is 81.1 cm³/mol. The third-order valence-corrected chi connectivity index (χ3v) is 4.03. The Kier molecular flexibility index (Phi) is 4.55. The summed E-state index contributed by atoms with van der Waals surface area (Å²) in [6.45, 7) is 0. The molecule has 2 N–H and O–H groups in total. The second kappa shape index (κ2) is 6.16. The number of halogens is 1. The van der Waals surface area contributed by atoms with Gasteiger partial charge in [0.15, 0.2) is 0 Å². The number of nitrogens with two attached hydrogens (primary N) is 1.